The van der Waals surface area contributed by atoms with Crippen LogP contribution in [0.15, 0.2) is 47.1 Å². The molecule has 0 saturated heterocycles. The molecule has 2 aromatic carbocycles. The van der Waals surface area contributed by atoms with Gasteiger partial charge in [-0.2, -0.15) is 0 Å². The molecule has 1 aliphatic rings. The van der Waals surface area contributed by atoms with Gasteiger partial charge in [-0.3, -0.25) is 4.57 Å². The molecule has 116 valence electrons. The second-order valence-corrected chi connectivity index (χ2v) is 6.23. The monoisotopic (exact) mass is 370 g/mol. The molecule has 23 heavy (non-hydrogen) atoms. The quantitative estimate of drug-likeness (QED) is 0.658. The van der Waals surface area contributed by atoms with Crippen molar-refractivity contribution in [3.05, 3.63) is 52.6 Å². The summed E-state index contributed by atoms with van der Waals surface area (Å²) in [4.78, 5) is 4.73. The number of rotatable bonds is 2. The number of nitrogens with zero attached hydrogens (tertiary/aromatic N) is 2. The maximum Gasteiger partial charge on any atom is 0.167 e. The van der Waals surface area contributed by atoms with E-state index < -0.39 is 0 Å². The summed E-state index contributed by atoms with van der Waals surface area (Å²) in [6.45, 7) is 2.45. The Morgan fingerprint density at radius 3 is 2.74 bits per heavy atom. The molecular weight excluding hydrogens is 356 g/mol. The van der Waals surface area contributed by atoms with E-state index in [1.54, 1.807) is 7.11 Å². The summed E-state index contributed by atoms with van der Waals surface area (Å²) in [5, 5.41) is 0. The molecule has 0 N–H and O–H groups in total. The van der Waals surface area contributed by atoms with Crippen LogP contribution >= 0.6 is 15.9 Å². The number of aryl methyl sites for hydroxylation is 1. The number of aromatic nitrogens is 2. The summed E-state index contributed by atoms with van der Waals surface area (Å²) in [5.41, 5.74) is 4.10. The fourth-order valence-electron chi connectivity index (χ4n) is 2.96. The predicted octanol–water partition coefficient (Wildman–Crippen LogP) is 4.65. The van der Waals surface area contributed by atoms with Gasteiger partial charge in [-0.25, -0.2) is 4.98 Å². The highest BCUT2D eigenvalue weighted by atomic mass is 79.9. The average molecular weight is 371 g/mol. The molecule has 0 atom stereocenters. The van der Waals surface area contributed by atoms with Gasteiger partial charge in [-0.05, 0) is 40.5 Å². The van der Waals surface area contributed by atoms with Gasteiger partial charge in [0.25, 0.3) is 0 Å². The zero-order valence-electron chi connectivity index (χ0n) is 12.8. The van der Waals surface area contributed by atoms with Crippen LogP contribution in [0.4, 0.5) is 0 Å². The van der Waals surface area contributed by atoms with Gasteiger partial charge >= 0.3 is 0 Å². The van der Waals surface area contributed by atoms with E-state index in [0.717, 1.165) is 44.3 Å². The van der Waals surface area contributed by atoms with Crippen LogP contribution in [-0.4, -0.2) is 16.7 Å². The molecule has 2 heterocycles. The zero-order valence-corrected chi connectivity index (χ0v) is 14.4. The Morgan fingerprint density at radius 2 is 2.00 bits per heavy atom. The third-order valence-corrected chi connectivity index (χ3v) is 4.53. The van der Waals surface area contributed by atoms with E-state index in [0.29, 0.717) is 6.73 Å². The van der Waals surface area contributed by atoms with E-state index >= 15 is 0 Å². The van der Waals surface area contributed by atoms with Crippen molar-refractivity contribution in [1.29, 1.82) is 0 Å². The number of methoxy groups -OCH3 is 1. The van der Waals surface area contributed by atoms with Crippen molar-refractivity contribution in [2.24, 2.45) is 0 Å². The van der Waals surface area contributed by atoms with Gasteiger partial charge in [-0.1, -0.05) is 30.3 Å². The molecule has 1 aliphatic heterocycles. The Morgan fingerprint density at radius 1 is 1.22 bits per heavy atom. The van der Waals surface area contributed by atoms with Crippen LogP contribution in [0.1, 0.15) is 5.56 Å². The van der Waals surface area contributed by atoms with E-state index in [1.165, 1.54) is 0 Å². The van der Waals surface area contributed by atoms with Crippen LogP contribution in [0, 0.1) is 6.92 Å². The lowest BCUT2D eigenvalue weighted by Crippen LogP contribution is -2.14. The fraction of sp³-hybridized carbons (Fsp3) is 0.167. The van der Waals surface area contributed by atoms with E-state index in [1.807, 2.05) is 37.3 Å². The summed E-state index contributed by atoms with van der Waals surface area (Å²) in [5.74, 6) is 2.44. The van der Waals surface area contributed by atoms with Crippen molar-refractivity contribution in [3.8, 4) is 34.1 Å². The molecule has 0 saturated carbocycles. The predicted molar refractivity (Wildman–Crippen MR) is 92.7 cm³/mol. The summed E-state index contributed by atoms with van der Waals surface area (Å²) in [7, 11) is 1.67. The second kappa shape index (κ2) is 5.42. The highest BCUT2D eigenvalue weighted by Crippen LogP contribution is 2.45. The summed E-state index contributed by atoms with van der Waals surface area (Å²) >= 11 is 3.60. The van der Waals surface area contributed by atoms with Crippen molar-refractivity contribution in [2.45, 2.75) is 13.7 Å². The minimum Gasteiger partial charge on any atom is -0.496 e. The summed E-state index contributed by atoms with van der Waals surface area (Å²) in [6.07, 6.45) is 0. The standard InChI is InChI=1S/C18H15BrN2O2/c1-11-8-13(22-2)15-14(9-11)23-10-21-16(17(19)20-18(15)21)12-6-4-3-5-7-12/h3-9H,10H2,1-2H3. The highest BCUT2D eigenvalue weighted by molar-refractivity contribution is 9.10. The first kappa shape index (κ1) is 14.3. The number of hydrogen-bond donors (Lipinski definition) is 0. The molecule has 3 aromatic rings. The van der Waals surface area contributed by atoms with Crippen LogP contribution in [0.5, 0.6) is 11.5 Å². The molecule has 0 spiro atoms. The van der Waals surface area contributed by atoms with Gasteiger partial charge in [0.15, 0.2) is 12.6 Å². The van der Waals surface area contributed by atoms with Gasteiger partial charge in [0.05, 0.1) is 12.8 Å². The number of halogens is 1. The van der Waals surface area contributed by atoms with Gasteiger partial charge in [0.2, 0.25) is 0 Å². The maximum absolute atomic E-state index is 5.97. The molecule has 0 amide bonds. The normalized spacial score (nSPS) is 12.3. The molecule has 0 unspecified atom stereocenters. The third-order valence-electron chi connectivity index (χ3n) is 3.98. The maximum atomic E-state index is 5.97. The van der Waals surface area contributed by atoms with Crippen molar-refractivity contribution in [3.63, 3.8) is 0 Å². The van der Waals surface area contributed by atoms with Gasteiger partial charge in [0.1, 0.15) is 21.7 Å². The van der Waals surface area contributed by atoms with Crippen molar-refractivity contribution in [1.82, 2.24) is 9.55 Å². The number of imidazole rings is 1. The van der Waals surface area contributed by atoms with Crippen LogP contribution < -0.4 is 9.47 Å². The Bertz CT molecular complexity index is 871. The van der Waals surface area contributed by atoms with Gasteiger partial charge < -0.3 is 9.47 Å². The second-order valence-electron chi connectivity index (χ2n) is 5.48. The fourth-order valence-corrected chi connectivity index (χ4v) is 3.57. The molecular formula is C18H15BrN2O2. The SMILES string of the molecule is COc1cc(C)cc2c1-c1nc(Br)c(-c3ccccc3)n1CO2. The molecule has 0 radical (unpaired) electrons. The lowest BCUT2D eigenvalue weighted by Gasteiger charge is -2.23. The van der Waals surface area contributed by atoms with E-state index in [-0.39, 0.29) is 0 Å². The van der Waals surface area contributed by atoms with Crippen LogP contribution in [-0.2, 0) is 6.73 Å². The number of hydrogen-bond acceptors (Lipinski definition) is 3. The Hall–Kier alpha value is -2.27. The highest BCUT2D eigenvalue weighted by Gasteiger charge is 2.27. The number of ether oxygens (including phenoxy) is 2. The number of benzene rings is 2. The molecule has 1 aromatic heterocycles. The molecule has 0 aliphatic carbocycles. The Kier molecular flexibility index (Phi) is 3.38. The lowest BCUT2D eigenvalue weighted by atomic mass is 10.1. The van der Waals surface area contributed by atoms with Crippen molar-refractivity contribution >= 4 is 15.9 Å². The smallest absolute Gasteiger partial charge is 0.167 e. The van der Waals surface area contributed by atoms with Gasteiger partial charge in [0, 0.05) is 5.56 Å². The molecule has 0 fully saturated rings. The van der Waals surface area contributed by atoms with Crippen LogP contribution in [0.25, 0.3) is 22.6 Å². The van der Waals surface area contributed by atoms with Crippen LogP contribution in [0.2, 0.25) is 0 Å². The third kappa shape index (κ3) is 2.23. The molecule has 4 nitrogen and oxygen atoms in total. The summed E-state index contributed by atoms with van der Waals surface area (Å²) in [6, 6.07) is 14.2. The van der Waals surface area contributed by atoms with Crippen molar-refractivity contribution in [2.75, 3.05) is 7.11 Å². The van der Waals surface area contributed by atoms with Gasteiger partial charge in [-0.15, -0.1) is 0 Å². The largest absolute Gasteiger partial charge is 0.496 e. The van der Waals surface area contributed by atoms with E-state index in [4.69, 9.17) is 14.5 Å². The van der Waals surface area contributed by atoms with E-state index in [9.17, 15) is 0 Å². The first-order chi connectivity index (χ1) is 11.2. The molecule has 5 heteroatoms. The molecule has 4 rings (SSSR count). The Labute approximate surface area is 142 Å². The lowest BCUT2D eigenvalue weighted by molar-refractivity contribution is 0.229. The zero-order chi connectivity index (χ0) is 16.0. The minimum atomic E-state index is 0.428. The first-order valence-electron chi connectivity index (χ1n) is 7.32. The first-order valence-corrected chi connectivity index (χ1v) is 8.11. The van der Waals surface area contributed by atoms with Crippen LogP contribution in [0.3, 0.4) is 0 Å². The average Bonchev–Trinajstić information content (AvgIpc) is 2.90. The summed E-state index contributed by atoms with van der Waals surface area (Å²) < 4.78 is 14.4. The van der Waals surface area contributed by atoms with E-state index in [2.05, 4.69) is 32.6 Å². The Balaban J connectivity index is 1.98. The van der Waals surface area contributed by atoms with Crippen molar-refractivity contribution < 1.29 is 9.47 Å². The molecule has 0 bridgehead atoms. The topological polar surface area (TPSA) is 36.3 Å². The minimum absolute atomic E-state index is 0.428. The number of fused-ring (bicyclic) bond motifs is 3.